The standard InChI is InChI=1S/C36H37Cl2N3O4S/c1-26-16-20-32(21-17-26)46(44,45)41(31-14-6-3-7-15-31)25-35(42)40(24-28-18-19-29(37)23-33(28)38)34(22-27-10-4-2-5-11-27)36(43)39-30-12-8-9-13-30/h2-7,10-11,14-21,23,30,34H,8-9,12-13,22,24-25H2,1H3,(H,39,43). The predicted molar refractivity (Wildman–Crippen MR) is 183 cm³/mol. The molecule has 1 fully saturated rings. The molecule has 5 rings (SSSR count). The van der Waals surface area contributed by atoms with E-state index in [9.17, 15) is 18.0 Å². The molecule has 10 heteroatoms. The highest BCUT2D eigenvalue weighted by molar-refractivity contribution is 7.92. The van der Waals surface area contributed by atoms with Crippen LogP contribution in [0.5, 0.6) is 0 Å². The Morgan fingerprint density at radius 2 is 1.50 bits per heavy atom. The molecule has 0 bridgehead atoms. The lowest BCUT2D eigenvalue weighted by molar-refractivity contribution is -0.140. The van der Waals surface area contributed by atoms with Crippen molar-refractivity contribution < 1.29 is 18.0 Å². The first kappa shape index (κ1) is 33.5. The smallest absolute Gasteiger partial charge is 0.264 e. The summed E-state index contributed by atoms with van der Waals surface area (Å²) in [6, 6.07) is 28.5. The lowest BCUT2D eigenvalue weighted by atomic mass is 10.0. The third-order valence-electron chi connectivity index (χ3n) is 8.26. The summed E-state index contributed by atoms with van der Waals surface area (Å²) >= 11 is 12.8. The number of halogens is 2. The summed E-state index contributed by atoms with van der Waals surface area (Å²) in [6.45, 7) is 1.31. The number of carbonyl (C=O) groups is 2. The molecule has 2 amide bonds. The van der Waals surface area contributed by atoms with Crippen molar-refractivity contribution in [1.82, 2.24) is 10.2 Å². The number of rotatable bonds is 12. The van der Waals surface area contributed by atoms with E-state index in [0.717, 1.165) is 41.1 Å². The van der Waals surface area contributed by atoms with Gasteiger partial charge in [-0.25, -0.2) is 8.42 Å². The second kappa shape index (κ2) is 15.2. The van der Waals surface area contributed by atoms with Gasteiger partial charge in [-0.2, -0.15) is 0 Å². The maximum absolute atomic E-state index is 14.6. The highest BCUT2D eigenvalue weighted by Crippen LogP contribution is 2.28. The molecule has 0 aromatic heterocycles. The topological polar surface area (TPSA) is 86.8 Å². The van der Waals surface area contributed by atoms with Gasteiger partial charge in [-0.1, -0.05) is 108 Å². The van der Waals surface area contributed by atoms with E-state index in [2.05, 4.69) is 5.32 Å². The van der Waals surface area contributed by atoms with Crippen LogP contribution in [-0.4, -0.2) is 43.8 Å². The SMILES string of the molecule is Cc1ccc(S(=O)(=O)N(CC(=O)N(Cc2ccc(Cl)cc2Cl)C(Cc2ccccc2)C(=O)NC2CCCC2)c2ccccc2)cc1. The fraction of sp³-hybridized carbons (Fsp3) is 0.278. The van der Waals surface area contributed by atoms with Gasteiger partial charge in [-0.15, -0.1) is 0 Å². The number of anilines is 1. The molecule has 0 saturated heterocycles. The highest BCUT2D eigenvalue weighted by atomic mass is 35.5. The number of amides is 2. The van der Waals surface area contributed by atoms with Crippen molar-refractivity contribution >= 4 is 50.7 Å². The van der Waals surface area contributed by atoms with E-state index >= 15 is 0 Å². The van der Waals surface area contributed by atoms with Crippen LogP contribution in [0.25, 0.3) is 0 Å². The second-order valence-electron chi connectivity index (χ2n) is 11.6. The zero-order valence-electron chi connectivity index (χ0n) is 25.6. The number of nitrogens with zero attached hydrogens (tertiary/aromatic N) is 2. The third-order valence-corrected chi connectivity index (χ3v) is 10.6. The van der Waals surface area contributed by atoms with Crippen LogP contribution in [0.2, 0.25) is 10.0 Å². The molecule has 0 aliphatic heterocycles. The molecule has 0 heterocycles. The Hall–Kier alpha value is -3.85. The molecule has 4 aromatic carbocycles. The van der Waals surface area contributed by atoms with Gasteiger partial charge in [0.1, 0.15) is 12.6 Å². The normalized spacial score (nSPS) is 14.1. The fourth-order valence-electron chi connectivity index (χ4n) is 5.72. The Kier molecular flexibility index (Phi) is 11.0. The van der Waals surface area contributed by atoms with Gasteiger partial charge in [-0.05, 0) is 67.3 Å². The van der Waals surface area contributed by atoms with Crippen molar-refractivity contribution in [2.45, 2.75) is 62.6 Å². The molecule has 1 N–H and O–H groups in total. The molecular weight excluding hydrogens is 641 g/mol. The maximum atomic E-state index is 14.6. The summed E-state index contributed by atoms with van der Waals surface area (Å²) in [5.41, 5.74) is 2.68. The molecule has 1 aliphatic rings. The third kappa shape index (κ3) is 8.29. The van der Waals surface area contributed by atoms with Crippen LogP contribution in [-0.2, 0) is 32.6 Å². The second-order valence-corrected chi connectivity index (χ2v) is 14.3. The van der Waals surface area contributed by atoms with Gasteiger partial charge in [0.05, 0.1) is 10.6 Å². The Morgan fingerprint density at radius 3 is 2.13 bits per heavy atom. The summed E-state index contributed by atoms with van der Waals surface area (Å²) in [7, 11) is -4.17. The number of benzene rings is 4. The van der Waals surface area contributed by atoms with Gasteiger partial charge in [0.15, 0.2) is 0 Å². The van der Waals surface area contributed by atoms with Crippen molar-refractivity contribution in [3.63, 3.8) is 0 Å². The first-order chi connectivity index (χ1) is 22.1. The summed E-state index contributed by atoms with van der Waals surface area (Å²) in [5, 5.41) is 3.95. The van der Waals surface area contributed by atoms with E-state index in [4.69, 9.17) is 23.2 Å². The minimum atomic E-state index is -4.17. The molecule has 1 saturated carbocycles. The van der Waals surface area contributed by atoms with Gasteiger partial charge in [-0.3, -0.25) is 13.9 Å². The summed E-state index contributed by atoms with van der Waals surface area (Å²) < 4.78 is 29.3. The van der Waals surface area contributed by atoms with E-state index in [1.807, 2.05) is 37.3 Å². The summed E-state index contributed by atoms with van der Waals surface area (Å²) in [5.74, 6) is -0.838. The van der Waals surface area contributed by atoms with Crippen LogP contribution in [0.15, 0.2) is 108 Å². The molecule has 1 atom stereocenters. The Balaban J connectivity index is 1.57. The van der Waals surface area contributed by atoms with Crippen molar-refractivity contribution in [2.24, 2.45) is 0 Å². The lowest BCUT2D eigenvalue weighted by Crippen LogP contribution is -2.54. The van der Waals surface area contributed by atoms with Crippen LogP contribution < -0.4 is 9.62 Å². The number of carbonyl (C=O) groups excluding carboxylic acids is 2. The van der Waals surface area contributed by atoms with Gasteiger partial charge >= 0.3 is 0 Å². The monoisotopic (exact) mass is 677 g/mol. The maximum Gasteiger partial charge on any atom is 0.264 e. The van der Waals surface area contributed by atoms with Gasteiger partial charge < -0.3 is 10.2 Å². The minimum absolute atomic E-state index is 0.0181. The number of hydrogen-bond donors (Lipinski definition) is 1. The molecule has 240 valence electrons. The number of hydrogen-bond acceptors (Lipinski definition) is 4. The Morgan fingerprint density at radius 1 is 0.870 bits per heavy atom. The molecule has 0 spiro atoms. The van der Waals surface area contributed by atoms with Crippen molar-refractivity contribution in [3.05, 3.63) is 130 Å². The van der Waals surface area contributed by atoms with Crippen LogP contribution >= 0.6 is 23.2 Å². The van der Waals surface area contributed by atoms with E-state index < -0.39 is 28.5 Å². The molecule has 7 nitrogen and oxygen atoms in total. The summed E-state index contributed by atoms with van der Waals surface area (Å²) in [6.07, 6.45) is 4.03. The Bertz CT molecular complexity index is 1750. The first-order valence-electron chi connectivity index (χ1n) is 15.3. The molecule has 46 heavy (non-hydrogen) atoms. The highest BCUT2D eigenvalue weighted by Gasteiger charge is 2.35. The number of para-hydroxylation sites is 1. The zero-order chi connectivity index (χ0) is 32.7. The quantitative estimate of drug-likeness (QED) is 0.172. The average Bonchev–Trinajstić information content (AvgIpc) is 3.56. The molecule has 1 aliphatic carbocycles. The molecular formula is C36H37Cl2N3O4S. The van der Waals surface area contributed by atoms with E-state index in [1.165, 1.54) is 17.0 Å². The van der Waals surface area contributed by atoms with Gasteiger partial charge in [0, 0.05) is 29.1 Å². The largest absolute Gasteiger partial charge is 0.352 e. The predicted octanol–water partition coefficient (Wildman–Crippen LogP) is 7.20. The van der Waals surface area contributed by atoms with Crippen molar-refractivity contribution in [3.8, 4) is 0 Å². The van der Waals surface area contributed by atoms with Crippen molar-refractivity contribution in [1.29, 1.82) is 0 Å². The first-order valence-corrected chi connectivity index (χ1v) is 17.5. The fourth-order valence-corrected chi connectivity index (χ4v) is 7.60. The van der Waals surface area contributed by atoms with Crippen molar-refractivity contribution in [2.75, 3.05) is 10.8 Å². The summed E-state index contributed by atoms with van der Waals surface area (Å²) in [4.78, 5) is 30.2. The molecule has 4 aromatic rings. The van der Waals surface area contributed by atoms with Crippen LogP contribution in [0.3, 0.4) is 0 Å². The van der Waals surface area contributed by atoms with Crippen LogP contribution in [0.1, 0.15) is 42.4 Å². The zero-order valence-corrected chi connectivity index (χ0v) is 27.9. The number of nitrogens with one attached hydrogen (secondary N) is 1. The van der Waals surface area contributed by atoms with Crippen LogP contribution in [0.4, 0.5) is 5.69 Å². The van der Waals surface area contributed by atoms with E-state index in [-0.39, 0.29) is 29.8 Å². The molecule has 0 radical (unpaired) electrons. The van der Waals surface area contributed by atoms with E-state index in [1.54, 1.807) is 60.7 Å². The Labute approximate surface area is 281 Å². The van der Waals surface area contributed by atoms with Crippen LogP contribution in [0, 0.1) is 6.92 Å². The number of aryl methyl sites for hydroxylation is 1. The lowest BCUT2D eigenvalue weighted by Gasteiger charge is -2.34. The number of sulfonamides is 1. The minimum Gasteiger partial charge on any atom is -0.352 e. The molecule has 1 unspecified atom stereocenters. The average molecular weight is 679 g/mol. The van der Waals surface area contributed by atoms with Gasteiger partial charge in [0.2, 0.25) is 11.8 Å². The van der Waals surface area contributed by atoms with E-state index in [0.29, 0.717) is 21.3 Å². The van der Waals surface area contributed by atoms with Gasteiger partial charge in [0.25, 0.3) is 10.0 Å².